The smallest absolute Gasteiger partial charge is 0.323 e. The largest absolute Gasteiger partial charge is 0.369 e. The van der Waals surface area contributed by atoms with Gasteiger partial charge in [0.2, 0.25) is 0 Å². The fourth-order valence-corrected chi connectivity index (χ4v) is 3.78. The molecule has 2 N–H and O–H groups in total. The second kappa shape index (κ2) is 9.65. The standard InChI is InChI=1S/C24H25ClN4O/c25-22-8-4-5-9-23(22)27-24(30)26-20-12-10-19(11-13-20)18-28-14-16-29(17-15-28)21-6-2-1-3-7-21/h1-13H,14-18H2,(H2,26,27,30). The average Bonchev–Trinajstić information content (AvgIpc) is 2.78. The van der Waals surface area contributed by atoms with Gasteiger partial charge in [-0.3, -0.25) is 4.90 Å². The summed E-state index contributed by atoms with van der Waals surface area (Å²) >= 11 is 6.08. The van der Waals surface area contributed by atoms with Gasteiger partial charge in [-0.05, 0) is 42.0 Å². The molecule has 1 aliphatic heterocycles. The lowest BCUT2D eigenvalue weighted by molar-refractivity contribution is 0.250. The highest BCUT2D eigenvalue weighted by molar-refractivity contribution is 6.33. The molecule has 154 valence electrons. The number of piperazine rings is 1. The zero-order valence-corrected chi connectivity index (χ0v) is 17.5. The van der Waals surface area contributed by atoms with E-state index in [9.17, 15) is 4.79 Å². The third-order valence-electron chi connectivity index (χ3n) is 5.23. The van der Waals surface area contributed by atoms with Crippen LogP contribution in [0.25, 0.3) is 0 Å². The molecule has 5 nitrogen and oxygen atoms in total. The van der Waals surface area contributed by atoms with Crippen molar-refractivity contribution in [1.29, 1.82) is 0 Å². The van der Waals surface area contributed by atoms with Crippen LogP contribution in [0.15, 0.2) is 78.9 Å². The van der Waals surface area contributed by atoms with Crippen molar-refractivity contribution in [3.63, 3.8) is 0 Å². The first-order valence-corrected chi connectivity index (χ1v) is 10.5. The maximum absolute atomic E-state index is 12.2. The molecule has 30 heavy (non-hydrogen) atoms. The summed E-state index contributed by atoms with van der Waals surface area (Å²) in [6, 6.07) is 25.4. The molecule has 0 unspecified atom stereocenters. The van der Waals surface area contributed by atoms with Gasteiger partial charge in [0.25, 0.3) is 0 Å². The Morgan fingerprint density at radius 2 is 1.47 bits per heavy atom. The number of carbonyl (C=O) groups excluding carboxylic acids is 1. The second-order valence-corrected chi connectivity index (χ2v) is 7.76. The number of nitrogens with zero attached hydrogens (tertiary/aromatic N) is 2. The molecule has 0 atom stereocenters. The minimum absolute atomic E-state index is 0.312. The van der Waals surface area contributed by atoms with Crippen LogP contribution in [0.2, 0.25) is 5.02 Å². The Hall–Kier alpha value is -3.02. The first-order chi connectivity index (χ1) is 14.7. The third kappa shape index (κ3) is 5.32. The molecular weight excluding hydrogens is 396 g/mol. The molecule has 0 aliphatic carbocycles. The maximum Gasteiger partial charge on any atom is 0.323 e. The van der Waals surface area contributed by atoms with Gasteiger partial charge in [-0.15, -0.1) is 0 Å². The van der Waals surface area contributed by atoms with Crippen molar-refractivity contribution >= 4 is 34.7 Å². The van der Waals surface area contributed by atoms with Crippen molar-refractivity contribution in [3.05, 3.63) is 89.4 Å². The Bertz CT molecular complexity index is 970. The SMILES string of the molecule is O=C(Nc1ccc(CN2CCN(c3ccccc3)CC2)cc1)Nc1ccccc1Cl. The maximum atomic E-state index is 12.2. The van der Waals surface area contributed by atoms with Crippen LogP contribution < -0.4 is 15.5 Å². The van der Waals surface area contributed by atoms with Crippen LogP contribution in [0.3, 0.4) is 0 Å². The van der Waals surface area contributed by atoms with Crippen LogP contribution in [-0.4, -0.2) is 37.1 Å². The van der Waals surface area contributed by atoms with Crippen molar-refractivity contribution < 1.29 is 4.79 Å². The van der Waals surface area contributed by atoms with E-state index in [4.69, 9.17) is 11.6 Å². The number of nitrogens with one attached hydrogen (secondary N) is 2. The monoisotopic (exact) mass is 420 g/mol. The van der Waals surface area contributed by atoms with E-state index in [0.29, 0.717) is 10.7 Å². The second-order valence-electron chi connectivity index (χ2n) is 7.35. The molecule has 0 aromatic heterocycles. The van der Waals surface area contributed by atoms with Gasteiger partial charge in [-0.2, -0.15) is 0 Å². The number of hydrogen-bond acceptors (Lipinski definition) is 3. The highest BCUT2D eigenvalue weighted by Gasteiger charge is 2.17. The van der Waals surface area contributed by atoms with Crippen LogP contribution >= 0.6 is 11.6 Å². The van der Waals surface area contributed by atoms with E-state index in [1.54, 1.807) is 12.1 Å². The molecule has 1 saturated heterocycles. The van der Waals surface area contributed by atoms with E-state index in [0.717, 1.165) is 38.4 Å². The molecule has 0 spiro atoms. The van der Waals surface area contributed by atoms with E-state index < -0.39 is 0 Å². The number of urea groups is 1. The number of amides is 2. The Morgan fingerprint density at radius 1 is 0.800 bits per heavy atom. The van der Waals surface area contributed by atoms with Crippen LogP contribution in [0.4, 0.5) is 21.9 Å². The lowest BCUT2D eigenvalue weighted by Crippen LogP contribution is -2.45. The summed E-state index contributed by atoms with van der Waals surface area (Å²) in [5.74, 6) is 0. The van der Waals surface area contributed by atoms with Crippen molar-refractivity contribution in [3.8, 4) is 0 Å². The van der Waals surface area contributed by atoms with Crippen molar-refractivity contribution in [2.24, 2.45) is 0 Å². The number of halogens is 1. The van der Waals surface area contributed by atoms with E-state index >= 15 is 0 Å². The van der Waals surface area contributed by atoms with Crippen LogP contribution in [-0.2, 0) is 6.54 Å². The Labute approximate surface area is 182 Å². The summed E-state index contributed by atoms with van der Waals surface area (Å²) in [6.07, 6.45) is 0. The topological polar surface area (TPSA) is 47.6 Å². The predicted molar refractivity (Wildman–Crippen MR) is 124 cm³/mol. The first-order valence-electron chi connectivity index (χ1n) is 10.1. The van der Waals surface area contributed by atoms with Gasteiger partial charge in [0.15, 0.2) is 0 Å². The number of benzene rings is 3. The Morgan fingerprint density at radius 3 is 2.17 bits per heavy atom. The van der Waals surface area contributed by atoms with Crippen molar-refractivity contribution in [2.45, 2.75) is 6.54 Å². The summed E-state index contributed by atoms with van der Waals surface area (Å²) in [6.45, 7) is 5.05. The Kier molecular flexibility index (Phi) is 6.52. The molecule has 3 aromatic rings. The van der Waals surface area contributed by atoms with E-state index in [1.165, 1.54) is 11.3 Å². The molecule has 3 aromatic carbocycles. The molecule has 2 amide bonds. The minimum atomic E-state index is -0.312. The lowest BCUT2D eigenvalue weighted by Gasteiger charge is -2.36. The number of carbonyl (C=O) groups is 1. The highest BCUT2D eigenvalue weighted by atomic mass is 35.5. The molecule has 4 rings (SSSR count). The van der Waals surface area contributed by atoms with E-state index in [2.05, 4.69) is 62.9 Å². The van der Waals surface area contributed by atoms with Gasteiger partial charge in [-0.1, -0.05) is 54.1 Å². The molecule has 1 fully saturated rings. The zero-order chi connectivity index (χ0) is 20.8. The predicted octanol–water partition coefficient (Wildman–Crippen LogP) is 5.31. The molecule has 0 saturated carbocycles. The summed E-state index contributed by atoms with van der Waals surface area (Å²) < 4.78 is 0. The van der Waals surface area contributed by atoms with E-state index in [1.807, 2.05) is 24.3 Å². The number of anilines is 3. The van der Waals surface area contributed by atoms with Crippen LogP contribution in [0.1, 0.15) is 5.56 Å². The summed E-state index contributed by atoms with van der Waals surface area (Å²) in [5.41, 5.74) is 3.86. The van der Waals surface area contributed by atoms with Gasteiger partial charge in [0, 0.05) is 44.1 Å². The van der Waals surface area contributed by atoms with Gasteiger partial charge >= 0.3 is 6.03 Å². The molecule has 1 aliphatic rings. The quantitative estimate of drug-likeness (QED) is 0.588. The van der Waals surface area contributed by atoms with Gasteiger partial charge in [0.05, 0.1) is 10.7 Å². The highest BCUT2D eigenvalue weighted by Crippen LogP contribution is 2.21. The number of hydrogen-bond donors (Lipinski definition) is 2. The molecule has 6 heteroatoms. The number of para-hydroxylation sites is 2. The first kappa shape index (κ1) is 20.3. The minimum Gasteiger partial charge on any atom is -0.369 e. The lowest BCUT2D eigenvalue weighted by atomic mass is 10.1. The molecule has 1 heterocycles. The fourth-order valence-electron chi connectivity index (χ4n) is 3.60. The summed E-state index contributed by atoms with van der Waals surface area (Å²) in [4.78, 5) is 17.1. The number of rotatable bonds is 5. The third-order valence-corrected chi connectivity index (χ3v) is 5.56. The molecule has 0 radical (unpaired) electrons. The molecule has 0 bridgehead atoms. The van der Waals surface area contributed by atoms with Gasteiger partial charge < -0.3 is 15.5 Å². The average molecular weight is 421 g/mol. The molecular formula is C24H25ClN4O. The van der Waals surface area contributed by atoms with Gasteiger partial charge in [0.1, 0.15) is 0 Å². The zero-order valence-electron chi connectivity index (χ0n) is 16.7. The van der Waals surface area contributed by atoms with Crippen molar-refractivity contribution in [2.75, 3.05) is 41.7 Å². The fraction of sp³-hybridized carbons (Fsp3) is 0.208. The van der Waals surface area contributed by atoms with Crippen LogP contribution in [0, 0.1) is 0 Å². The summed E-state index contributed by atoms with van der Waals surface area (Å²) in [5, 5.41) is 6.11. The van der Waals surface area contributed by atoms with Crippen LogP contribution in [0.5, 0.6) is 0 Å². The van der Waals surface area contributed by atoms with E-state index in [-0.39, 0.29) is 6.03 Å². The summed E-state index contributed by atoms with van der Waals surface area (Å²) in [7, 11) is 0. The Balaban J connectivity index is 1.26. The van der Waals surface area contributed by atoms with Gasteiger partial charge in [-0.25, -0.2) is 4.79 Å². The normalized spacial score (nSPS) is 14.4. The van der Waals surface area contributed by atoms with Crippen molar-refractivity contribution in [1.82, 2.24) is 4.90 Å².